The van der Waals surface area contributed by atoms with Crippen LogP contribution in [0.2, 0.25) is 5.02 Å². The Morgan fingerprint density at radius 3 is 2.36 bits per heavy atom. The van der Waals surface area contributed by atoms with Crippen molar-refractivity contribution in [1.82, 2.24) is 0 Å². The van der Waals surface area contributed by atoms with Crippen molar-refractivity contribution in [2.24, 2.45) is 17.4 Å². The van der Waals surface area contributed by atoms with Crippen LogP contribution in [0.5, 0.6) is 5.75 Å². The summed E-state index contributed by atoms with van der Waals surface area (Å²) in [6.07, 6.45) is 0.975. The van der Waals surface area contributed by atoms with E-state index in [2.05, 4.69) is 0 Å². The third-order valence-corrected chi connectivity index (χ3v) is 4.66. The standard InChI is InChI=1S/C19H17ClN2O3/c20-13-3-1-10(2-4-13)7-12-8-11-9-14(23)5-6-15(11)17(19(22)25)16(12)18(21)24/h1-6,9,12,23H,7-8H2,(H2,21,24)(H2,22,25). The quantitative estimate of drug-likeness (QED) is 0.781. The van der Waals surface area contributed by atoms with E-state index in [1.807, 2.05) is 12.1 Å². The molecule has 2 aromatic rings. The Labute approximate surface area is 149 Å². The van der Waals surface area contributed by atoms with Crippen LogP contribution in [0.25, 0.3) is 5.57 Å². The van der Waals surface area contributed by atoms with Crippen LogP contribution in [0, 0.1) is 5.92 Å². The number of primary amides is 2. The first-order chi connectivity index (χ1) is 11.9. The molecule has 0 saturated heterocycles. The molecule has 0 heterocycles. The highest BCUT2D eigenvalue weighted by Gasteiger charge is 2.33. The molecule has 1 unspecified atom stereocenters. The summed E-state index contributed by atoms with van der Waals surface area (Å²) in [6, 6.07) is 11.9. The fraction of sp³-hybridized carbons (Fsp3) is 0.158. The van der Waals surface area contributed by atoms with Gasteiger partial charge in [-0.15, -0.1) is 0 Å². The van der Waals surface area contributed by atoms with E-state index in [-0.39, 0.29) is 22.8 Å². The van der Waals surface area contributed by atoms with Crippen LogP contribution >= 0.6 is 11.6 Å². The van der Waals surface area contributed by atoms with Crippen molar-refractivity contribution in [3.8, 4) is 5.75 Å². The van der Waals surface area contributed by atoms with Crippen LogP contribution in [0.1, 0.15) is 16.7 Å². The van der Waals surface area contributed by atoms with Gasteiger partial charge in [0, 0.05) is 10.6 Å². The zero-order chi connectivity index (χ0) is 18.1. The van der Waals surface area contributed by atoms with E-state index in [0.717, 1.165) is 11.1 Å². The van der Waals surface area contributed by atoms with Gasteiger partial charge in [-0.2, -0.15) is 0 Å². The summed E-state index contributed by atoms with van der Waals surface area (Å²) in [5.41, 5.74) is 13.8. The van der Waals surface area contributed by atoms with Gasteiger partial charge in [-0.3, -0.25) is 9.59 Å². The largest absolute Gasteiger partial charge is 0.508 e. The number of hydrogen-bond donors (Lipinski definition) is 3. The third-order valence-electron chi connectivity index (χ3n) is 4.41. The molecule has 1 aliphatic carbocycles. The predicted molar refractivity (Wildman–Crippen MR) is 95.8 cm³/mol. The maximum absolute atomic E-state index is 12.1. The molecule has 0 aliphatic heterocycles. The molecule has 128 valence electrons. The molecule has 1 aliphatic rings. The van der Waals surface area contributed by atoms with Gasteiger partial charge in [0.05, 0.1) is 5.57 Å². The Bertz CT molecular complexity index is 888. The number of aromatic hydroxyl groups is 1. The fourth-order valence-electron chi connectivity index (χ4n) is 3.38. The number of phenolic OH excluding ortho intramolecular Hbond substituents is 1. The van der Waals surface area contributed by atoms with Crippen LogP contribution in [0.4, 0.5) is 0 Å². The monoisotopic (exact) mass is 356 g/mol. The minimum atomic E-state index is -0.707. The first-order valence-electron chi connectivity index (χ1n) is 7.77. The SMILES string of the molecule is NC(=O)C1=C(C(N)=O)C(Cc2ccc(Cl)cc2)Cc2cc(O)ccc21. The Morgan fingerprint density at radius 2 is 1.76 bits per heavy atom. The van der Waals surface area contributed by atoms with Gasteiger partial charge < -0.3 is 16.6 Å². The van der Waals surface area contributed by atoms with Gasteiger partial charge in [0.2, 0.25) is 11.8 Å². The van der Waals surface area contributed by atoms with Gasteiger partial charge in [0.15, 0.2) is 0 Å². The molecular weight excluding hydrogens is 340 g/mol. The second kappa shape index (κ2) is 6.61. The number of carbonyl (C=O) groups is 2. The van der Waals surface area contributed by atoms with Crippen molar-refractivity contribution in [2.45, 2.75) is 12.8 Å². The average Bonchev–Trinajstić information content (AvgIpc) is 2.55. The van der Waals surface area contributed by atoms with Crippen LogP contribution < -0.4 is 11.5 Å². The Balaban J connectivity index is 2.11. The molecule has 1 atom stereocenters. The highest BCUT2D eigenvalue weighted by atomic mass is 35.5. The van der Waals surface area contributed by atoms with E-state index < -0.39 is 11.8 Å². The molecule has 2 aromatic carbocycles. The topological polar surface area (TPSA) is 106 Å². The van der Waals surface area contributed by atoms with Gasteiger partial charge in [-0.25, -0.2) is 0 Å². The summed E-state index contributed by atoms with van der Waals surface area (Å²) in [6.45, 7) is 0. The maximum Gasteiger partial charge on any atom is 0.249 e. The van der Waals surface area contributed by atoms with Crippen molar-refractivity contribution in [1.29, 1.82) is 0 Å². The molecule has 2 amide bonds. The maximum atomic E-state index is 12.1. The summed E-state index contributed by atoms with van der Waals surface area (Å²) in [7, 11) is 0. The number of benzene rings is 2. The van der Waals surface area contributed by atoms with Crippen LogP contribution in [-0.4, -0.2) is 16.9 Å². The molecule has 0 bridgehead atoms. The number of halogens is 1. The molecule has 0 saturated carbocycles. The van der Waals surface area contributed by atoms with Crippen LogP contribution in [-0.2, 0) is 22.4 Å². The van der Waals surface area contributed by atoms with Crippen molar-refractivity contribution in [2.75, 3.05) is 0 Å². The van der Waals surface area contributed by atoms with Crippen molar-refractivity contribution in [3.63, 3.8) is 0 Å². The number of nitrogens with two attached hydrogens (primary N) is 2. The molecule has 25 heavy (non-hydrogen) atoms. The third kappa shape index (κ3) is 3.37. The van der Waals surface area contributed by atoms with E-state index in [0.29, 0.717) is 23.4 Å². The minimum absolute atomic E-state index is 0.0929. The minimum Gasteiger partial charge on any atom is -0.508 e. The van der Waals surface area contributed by atoms with Crippen LogP contribution in [0.15, 0.2) is 48.0 Å². The highest BCUT2D eigenvalue weighted by Crippen LogP contribution is 2.38. The molecule has 3 rings (SSSR count). The van der Waals surface area contributed by atoms with E-state index >= 15 is 0 Å². The normalized spacial score (nSPS) is 16.4. The Kier molecular flexibility index (Phi) is 4.51. The molecule has 5 nitrogen and oxygen atoms in total. The average molecular weight is 357 g/mol. The molecular formula is C19H17ClN2O3. The number of carbonyl (C=O) groups excluding carboxylic acids is 2. The summed E-state index contributed by atoms with van der Waals surface area (Å²) < 4.78 is 0. The van der Waals surface area contributed by atoms with Crippen molar-refractivity contribution < 1.29 is 14.7 Å². The van der Waals surface area contributed by atoms with Gasteiger partial charge in [0.25, 0.3) is 0 Å². The smallest absolute Gasteiger partial charge is 0.249 e. The second-order valence-corrected chi connectivity index (χ2v) is 6.53. The van der Waals surface area contributed by atoms with Crippen molar-refractivity contribution in [3.05, 3.63) is 69.8 Å². The highest BCUT2D eigenvalue weighted by molar-refractivity contribution is 6.30. The second-order valence-electron chi connectivity index (χ2n) is 6.09. The van der Waals surface area contributed by atoms with E-state index in [1.54, 1.807) is 24.3 Å². The molecule has 0 radical (unpaired) electrons. The molecule has 5 N–H and O–H groups in total. The molecule has 0 fully saturated rings. The Morgan fingerprint density at radius 1 is 1.08 bits per heavy atom. The predicted octanol–water partition coefficient (Wildman–Crippen LogP) is 2.18. The zero-order valence-corrected chi connectivity index (χ0v) is 14.1. The Hall–Kier alpha value is -2.79. The van der Waals surface area contributed by atoms with Crippen molar-refractivity contribution >= 4 is 29.0 Å². The summed E-state index contributed by atoms with van der Waals surface area (Å²) in [5, 5.41) is 10.4. The lowest BCUT2D eigenvalue weighted by Crippen LogP contribution is -2.32. The van der Waals surface area contributed by atoms with Gasteiger partial charge >= 0.3 is 0 Å². The summed E-state index contributed by atoms with van der Waals surface area (Å²) >= 11 is 5.91. The number of amides is 2. The number of fused-ring (bicyclic) bond motifs is 1. The number of rotatable bonds is 4. The first-order valence-corrected chi connectivity index (χ1v) is 8.15. The number of hydrogen-bond acceptors (Lipinski definition) is 3. The lowest BCUT2D eigenvalue weighted by atomic mass is 9.75. The van der Waals surface area contributed by atoms with E-state index in [4.69, 9.17) is 23.1 Å². The van der Waals surface area contributed by atoms with Gasteiger partial charge in [0.1, 0.15) is 5.75 Å². The van der Waals surface area contributed by atoms with E-state index in [1.165, 1.54) is 6.07 Å². The lowest BCUT2D eigenvalue weighted by molar-refractivity contribution is -0.116. The van der Waals surface area contributed by atoms with Gasteiger partial charge in [-0.05, 0) is 59.7 Å². The molecule has 0 aromatic heterocycles. The van der Waals surface area contributed by atoms with Crippen LogP contribution in [0.3, 0.4) is 0 Å². The molecule has 6 heteroatoms. The zero-order valence-electron chi connectivity index (χ0n) is 13.3. The molecule has 0 spiro atoms. The summed E-state index contributed by atoms with van der Waals surface area (Å²) in [4.78, 5) is 24.1. The number of phenols is 1. The lowest BCUT2D eigenvalue weighted by Gasteiger charge is -2.28. The first kappa shape index (κ1) is 17.0. The van der Waals surface area contributed by atoms with E-state index in [9.17, 15) is 14.7 Å². The summed E-state index contributed by atoms with van der Waals surface area (Å²) in [5.74, 6) is -1.58. The van der Waals surface area contributed by atoms with Gasteiger partial charge in [-0.1, -0.05) is 29.8 Å². The fourth-order valence-corrected chi connectivity index (χ4v) is 3.50.